The minimum Gasteiger partial charge on any atom is -0.348 e. The molecule has 108 valence electrons. The summed E-state index contributed by atoms with van der Waals surface area (Å²) in [5.74, 6) is -1.88. The largest absolute Gasteiger partial charge is 0.348 e. The van der Waals surface area contributed by atoms with Gasteiger partial charge in [-0.25, -0.2) is 18.4 Å². The molecule has 0 spiro atoms. The van der Waals surface area contributed by atoms with E-state index in [0.29, 0.717) is 0 Å². The molecule has 1 atom stereocenters. The Morgan fingerprint density at radius 3 is 2.90 bits per heavy atom. The smallest absolute Gasteiger partial charge is 0.252 e. The highest BCUT2D eigenvalue weighted by Gasteiger charge is 2.15. The molecule has 1 heterocycles. The molecule has 0 radical (unpaired) electrons. The van der Waals surface area contributed by atoms with Crippen molar-refractivity contribution in [3.63, 3.8) is 0 Å². The average molecular weight is 291 g/mol. The fourth-order valence-electron chi connectivity index (χ4n) is 1.79. The van der Waals surface area contributed by atoms with Gasteiger partial charge < -0.3 is 5.32 Å². The summed E-state index contributed by atoms with van der Waals surface area (Å²) >= 11 is 0. The molecule has 1 aromatic carbocycles. The SMILES string of the molecule is C[C@H](NC(=O)Cn1cnc(C#N)n1)c1ccc(F)cc1F. The normalized spacial score (nSPS) is 11.7. The summed E-state index contributed by atoms with van der Waals surface area (Å²) in [6.45, 7) is 1.43. The second kappa shape index (κ2) is 6.09. The van der Waals surface area contributed by atoms with E-state index in [1.807, 2.05) is 0 Å². The minimum absolute atomic E-state index is 0.0413. The second-order valence-corrected chi connectivity index (χ2v) is 4.33. The van der Waals surface area contributed by atoms with Crippen molar-refractivity contribution in [3.8, 4) is 6.07 Å². The third kappa shape index (κ3) is 3.60. The van der Waals surface area contributed by atoms with Gasteiger partial charge in [0.15, 0.2) is 0 Å². The summed E-state index contributed by atoms with van der Waals surface area (Å²) < 4.78 is 27.6. The van der Waals surface area contributed by atoms with Crippen LogP contribution in [0, 0.1) is 23.0 Å². The van der Waals surface area contributed by atoms with E-state index in [1.165, 1.54) is 17.1 Å². The highest BCUT2D eigenvalue weighted by Crippen LogP contribution is 2.17. The first-order valence-corrected chi connectivity index (χ1v) is 6.03. The van der Waals surface area contributed by atoms with E-state index in [1.54, 1.807) is 13.0 Å². The Hall–Kier alpha value is -2.82. The van der Waals surface area contributed by atoms with Crippen molar-refractivity contribution in [3.05, 3.63) is 47.5 Å². The quantitative estimate of drug-likeness (QED) is 0.920. The van der Waals surface area contributed by atoms with Crippen LogP contribution in [0.15, 0.2) is 24.5 Å². The van der Waals surface area contributed by atoms with Gasteiger partial charge in [-0.2, -0.15) is 5.26 Å². The zero-order valence-corrected chi connectivity index (χ0v) is 11.0. The molecule has 0 aliphatic heterocycles. The lowest BCUT2D eigenvalue weighted by Gasteiger charge is -2.15. The van der Waals surface area contributed by atoms with E-state index in [0.717, 1.165) is 12.1 Å². The van der Waals surface area contributed by atoms with Crippen LogP contribution in [-0.2, 0) is 11.3 Å². The summed E-state index contributed by atoms with van der Waals surface area (Å²) in [5, 5.41) is 14.9. The molecule has 0 aliphatic carbocycles. The molecule has 0 fully saturated rings. The average Bonchev–Trinajstić information content (AvgIpc) is 2.85. The van der Waals surface area contributed by atoms with Crippen LogP contribution in [0.25, 0.3) is 0 Å². The van der Waals surface area contributed by atoms with Crippen LogP contribution in [0.3, 0.4) is 0 Å². The molecule has 0 bridgehead atoms. The Morgan fingerprint density at radius 2 is 2.29 bits per heavy atom. The van der Waals surface area contributed by atoms with Crippen molar-refractivity contribution in [2.45, 2.75) is 19.5 Å². The molecule has 8 heteroatoms. The summed E-state index contributed by atoms with van der Waals surface area (Å²) in [4.78, 5) is 15.5. The number of carbonyl (C=O) groups is 1. The first kappa shape index (κ1) is 14.6. The van der Waals surface area contributed by atoms with Gasteiger partial charge in [-0.1, -0.05) is 6.07 Å². The molecule has 21 heavy (non-hydrogen) atoms. The van der Waals surface area contributed by atoms with Gasteiger partial charge >= 0.3 is 0 Å². The lowest BCUT2D eigenvalue weighted by Crippen LogP contribution is -2.30. The van der Waals surface area contributed by atoms with Crippen LogP contribution in [0.2, 0.25) is 0 Å². The number of carbonyl (C=O) groups excluding carboxylic acids is 1. The molecular formula is C13H11F2N5O. The van der Waals surface area contributed by atoms with Gasteiger partial charge in [0, 0.05) is 11.6 Å². The summed E-state index contributed by atoms with van der Waals surface area (Å²) in [6, 6.07) is 4.27. The highest BCUT2D eigenvalue weighted by atomic mass is 19.1. The number of hydrogen-bond acceptors (Lipinski definition) is 4. The van der Waals surface area contributed by atoms with Gasteiger partial charge in [0.2, 0.25) is 5.91 Å². The lowest BCUT2D eigenvalue weighted by molar-refractivity contribution is -0.122. The number of halogens is 2. The number of hydrogen-bond donors (Lipinski definition) is 1. The van der Waals surface area contributed by atoms with Crippen LogP contribution in [0.5, 0.6) is 0 Å². The molecule has 0 aliphatic rings. The molecular weight excluding hydrogens is 280 g/mol. The van der Waals surface area contributed by atoms with Crippen molar-refractivity contribution in [2.24, 2.45) is 0 Å². The van der Waals surface area contributed by atoms with E-state index in [4.69, 9.17) is 5.26 Å². The minimum atomic E-state index is -0.727. The zero-order valence-electron chi connectivity index (χ0n) is 11.0. The highest BCUT2D eigenvalue weighted by molar-refractivity contribution is 5.76. The predicted octanol–water partition coefficient (Wildman–Crippen LogP) is 1.31. The molecule has 2 aromatic rings. The van der Waals surface area contributed by atoms with Crippen LogP contribution < -0.4 is 5.32 Å². The second-order valence-electron chi connectivity index (χ2n) is 4.33. The summed E-state index contributed by atoms with van der Waals surface area (Å²) in [7, 11) is 0. The maximum atomic E-state index is 13.6. The third-order valence-corrected chi connectivity index (χ3v) is 2.75. The fraction of sp³-hybridized carbons (Fsp3) is 0.231. The van der Waals surface area contributed by atoms with Crippen LogP contribution >= 0.6 is 0 Å². The van der Waals surface area contributed by atoms with Crippen LogP contribution in [0.1, 0.15) is 24.4 Å². The Morgan fingerprint density at radius 1 is 1.52 bits per heavy atom. The Labute approximate surface area is 119 Å². The summed E-state index contributed by atoms with van der Waals surface area (Å²) in [5.41, 5.74) is 0.182. The van der Waals surface area contributed by atoms with E-state index < -0.39 is 23.6 Å². The van der Waals surface area contributed by atoms with Crippen molar-refractivity contribution in [1.29, 1.82) is 5.26 Å². The zero-order chi connectivity index (χ0) is 15.4. The maximum Gasteiger partial charge on any atom is 0.252 e. The molecule has 2 rings (SSSR count). The van der Waals surface area contributed by atoms with Crippen molar-refractivity contribution in [1.82, 2.24) is 20.1 Å². The monoisotopic (exact) mass is 291 g/mol. The summed E-state index contributed by atoms with van der Waals surface area (Å²) in [6.07, 6.45) is 1.25. The molecule has 1 N–H and O–H groups in total. The molecule has 0 saturated heterocycles. The van der Waals surface area contributed by atoms with E-state index in [9.17, 15) is 13.6 Å². The van der Waals surface area contributed by atoms with Gasteiger partial charge in [-0.3, -0.25) is 4.79 Å². The number of benzene rings is 1. The van der Waals surface area contributed by atoms with E-state index >= 15 is 0 Å². The Balaban J connectivity index is 2.00. The Bertz CT molecular complexity index is 707. The number of amides is 1. The number of nitriles is 1. The molecule has 0 saturated carbocycles. The van der Waals surface area contributed by atoms with E-state index in [2.05, 4.69) is 15.4 Å². The molecule has 1 aromatic heterocycles. The van der Waals surface area contributed by atoms with Crippen molar-refractivity contribution >= 4 is 5.91 Å². The topological polar surface area (TPSA) is 83.6 Å². The number of aromatic nitrogens is 3. The van der Waals surface area contributed by atoms with Crippen LogP contribution in [-0.4, -0.2) is 20.7 Å². The van der Waals surface area contributed by atoms with E-state index in [-0.39, 0.29) is 17.9 Å². The number of nitrogens with zero attached hydrogens (tertiary/aromatic N) is 4. The standard InChI is InChI=1S/C13H11F2N5O/c1-8(10-3-2-9(14)4-11(10)15)18-13(21)6-20-7-17-12(5-16)19-20/h2-4,7-8H,6H2,1H3,(H,18,21)/t8-/m0/s1. The molecule has 6 nitrogen and oxygen atoms in total. The molecule has 0 unspecified atom stereocenters. The molecule has 1 amide bonds. The first-order valence-electron chi connectivity index (χ1n) is 6.03. The third-order valence-electron chi connectivity index (χ3n) is 2.75. The van der Waals surface area contributed by atoms with Gasteiger partial charge in [-0.05, 0) is 13.0 Å². The number of nitrogens with one attached hydrogen (secondary N) is 1. The van der Waals surface area contributed by atoms with Gasteiger partial charge in [0.25, 0.3) is 5.82 Å². The van der Waals surface area contributed by atoms with Gasteiger partial charge in [0.05, 0.1) is 6.04 Å². The van der Waals surface area contributed by atoms with Gasteiger partial charge in [0.1, 0.15) is 30.6 Å². The van der Waals surface area contributed by atoms with Crippen LogP contribution in [0.4, 0.5) is 8.78 Å². The lowest BCUT2D eigenvalue weighted by atomic mass is 10.1. The number of rotatable bonds is 4. The maximum absolute atomic E-state index is 13.6. The fourth-order valence-corrected chi connectivity index (χ4v) is 1.79. The van der Waals surface area contributed by atoms with Crippen molar-refractivity contribution in [2.75, 3.05) is 0 Å². The van der Waals surface area contributed by atoms with Crippen molar-refractivity contribution < 1.29 is 13.6 Å². The first-order chi connectivity index (χ1) is 9.99. The Kier molecular flexibility index (Phi) is 4.23. The predicted molar refractivity (Wildman–Crippen MR) is 67.7 cm³/mol. The van der Waals surface area contributed by atoms with Gasteiger partial charge in [-0.15, -0.1) is 5.10 Å².